The van der Waals surface area contributed by atoms with E-state index in [1.165, 1.54) is 5.56 Å². The zero-order valence-electron chi connectivity index (χ0n) is 18.8. The number of anilines is 1. The molecule has 4 rings (SSSR count). The fraction of sp³-hybridized carbons (Fsp3) is 0.259. The van der Waals surface area contributed by atoms with Gasteiger partial charge in [0.15, 0.2) is 5.13 Å². The van der Waals surface area contributed by atoms with Crippen LogP contribution in [0.5, 0.6) is 5.75 Å². The van der Waals surface area contributed by atoms with Crippen LogP contribution in [-0.2, 0) is 6.54 Å². The van der Waals surface area contributed by atoms with Crippen molar-refractivity contribution in [3.63, 3.8) is 0 Å². The zero-order valence-corrected chi connectivity index (χ0v) is 19.6. The molecule has 0 aliphatic heterocycles. The number of ether oxygens (including phenoxy) is 1. The van der Waals surface area contributed by atoms with Crippen LogP contribution in [0.4, 0.5) is 5.13 Å². The molecule has 0 spiro atoms. The van der Waals surface area contributed by atoms with Gasteiger partial charge < -0.3 is 4.74 Å². The van der Waals surface area contributed by atoms with E-state index in [0.29, 0.717) is 23.8 Å². The molecule has 5 heteroatoms. The van der Waals surface area contributed by atoms with E-state index in [-0.39, 0.29) is 5.91 Å². The Hall–Kier alpha value is -3.18. The molecule has 1 aromatic heterocycles. The van der Waals surface area contributed by atoms with Gasteiger partial charge >= 0.3 is 0 Å². The van der Waals surface area contributed by atoms with Crippen LogP contribution in [0.2, 0.25) is 0 Å². The van der Waals surface area contributed by atoms with Crippen LogP contribution in [-0.4, -0.2) is 17.5 Å². The first-order valence-corrected chi connectivity index (χ1v) is 11.8. The maximum absolute atomic E-state index is 13.7. The van der Waals surface area contributed by atoms with Gasteiger partial charge in [-0.05, 0) is 55.2 Å². The van der Waals surface area contributed by atoms with E-state index >= 15 is 0 Å². The fourth-order valence-corrected chi connectivity index (χ4v) is 4.67. The second kappa shape index (κ2) is 9.96. The Bertz CT molecular complexity index is 1180. The summed E-state index contributed by atoms with van der Waals surface area (Å²) in [5.41, 5.74) is 4.92. The van der Waals surface area contributed by atoms with Gasteiger partial charge in [0.2, 0.25) is 0 Å². The van der Waals surface area contributed by atoms with Crippen molar-refractivity contribution < 1.29 is 9.53 Å². The summed E-state index contributed by atoms with van der Waals surface area (Å²) in [6.07, 6.45) is 2.06. The minimum atomic E-state index is -0.0795. The van der Waals surface area contributed by atoms with Crippen molar-refractivity contribution in [2.75, 3.05) is 11.5 Å². The number of amides is 1. The average molecular weight is 445 g/mol. The minimum Gasteiger partial charge on any atom is -0.494 e. The van der Waals surface area contributed by atoms with E-state index in [0.717, 1.165) is 39.9 Å². The molecule has 0 fully saturated rings. The first kappa shape index (κ1) is 22.0. The van der Waals surface area contributed by atoms with Gasteiger partial charge in [-0.25, -0.2) is 4.98 Å². The Kier molecular flexibility index (Phi) is 6.86. The van der Waals surface area contributed by atoms with Crippen molar-refractivity contribution >= 4 is 32.6 Å². The molecule has 32 heavy (non-hydrogen) atoms. The van der Waals surface area contributed by atoms with Crippen LogP contribution in [0.25, 0.3) is 10.2 Å². The Morgan fingerprint density at radius 1 is 1.00 bits per heavy atom. The summed E-state index contributed by atoms with van der Waals surface area (Å²) in [5, 5.41) is 0.712. The molecule has 0 saturated carbocycles. The van der Waals surface area contributed by atoms with E-state index in [2.05, 4.69) is 32.9 Å². The standard InChI is InChI=1S/C27H28N2O2S/c1-4-5-16-31-23-13-9-12-22(17-23)26(30)29(18-21-10-7-6-8-11-21)27-28-24-19(2)14-15-20(3)25(24)32-27/h6-15,17H,4-5,16,18H2,1-3H3. The molecule has 0 radical (unpaired) electrons. The van der Waals surface area contributed by atoms with Crippen molar-refractivity contribution in [1.82, 2.24) is 4.98 Å². The third-order valence-corrected chi connectivity index (χ3v) is 6.65. The summed E-state index contributed by atoms with van der Waals surface area (Å²) in [4.78, 5) is 20.4. The van der Waals surface area contributed by atoms with Gasteiger partial charge in [-0.1, -0.05) is 73.2 Å². The molecule has 0 saturated heterocycles. The lowest BCUT2D eigenvalue weighted by Gasteiger charge is -2.20. The Balaban J connectivity index is 1.72. The third-order valence-electron chi connectivity index (χ3n) is 5.44. The zero-order chi connectivity index (χ0) is 22.5. The molecule has 0 aliphatic carbocycles. The number of fused-ring (bicyclic) bond motifs is 1. The number of hydrogen-bond acceptors (Lipinski definition) is 4. The molecular formula is C27H28N2O2S. The first-order valence-electron chi connectivity index (χ1n) is 11.0. The summed E-state index contributed by atoms with van der Waals surface area (Å²) >= 11 is 1.57. The van der Waals surface area contributed by atoms with E-state index < -0.39 is 0 Å². The quantitative estimate of drug-likeness (QED) is 0.276. The highest BCUT2D eigenvalue weighted by molar-refractivity contribution is 7.22. The highest BCUT2D eigenvalue weighted by atomic mass is 32.1. The molecule has 1 amide bonds. The normalized spacial score (nSPS) is 11.0. The maximum atomic E-state index is 13.7. The second-order valence-corrected chi connectivity index (χ2v) is 8.96. The van der Waals surface area contributed by atoms with Crippen LogP contribution < -0.4 is 9.64 Å². The fourth-order valence-electron chi connectivity index (χ4n) is 3.56. The van der Waals surface area contributed by atoms with Gasteiger partial charge in [0, 0.05) is 5.56 Å². The molecule has 4 aromatic rings. The monoisotopic (exact) mass is 444 g/mol. The minimum absolute atomic E-state index is 0.0795. The van der Waals surface area contributed by atoms with Crippen LogP contribution in [0.3, 0.4) is 0 Å². The number of unbranched alkanes of at least 4 members (excludes halogenated alkanes) is 1. The summed E-state index contributed by atoms with van der Waals surface area (Å²) in [7, 11) is 0. The van der Waals surface area contributed by atoms with Crippen molar-refractivity contribution in [3.8, 4) is 5.75 Å². The summed E-state index contributed by atoms with van der Waals surface area (Å²) in [5.74, 6) is 0.643. The van der Waals surface area contributed by atoms with E-state index in [9.17, 15) is 4.79 Å². The molecule has 0 aliphatic rings. The molecule has 1 heterocycles. The van der Waals surface area contributed by atoms with Gasteiger partial charge in [0.05, 0.1) is 23.4 Å². The van der Waals surface area contributed by atoms with Crippen molar-refractivity contribution in [2.24, 2.45) is 0 Å². The molecular weight excluding hydrogens is 416 g/mol. The lowest BCUT2D eigenvalue weighted by Crippen LogP contribution is -2.30. The van der Waals surface area contributed by atoms with Crippen LogP contribution >= 0.6 is 11.3 Å². The van der Waals surface area contributed by atoms with Gasteiger partial charge in [0.1, 0.15) is 5.75 Å². The molecule has 0 bridgehead atoms. The number of carbonyl (C=O) groups excluding carboxylic acids is 1. The van der Waals surface area contributed by atoms with E-state index in [1.807, 2.05) is 54.6 Å². The maximum Gasteiger partial charge on any atom is 0.260 e. The van der Waals surface area contributed by atoms with Crippen molar-refractivity contribution in [2.45, 2.75) is 40.2 Å². The smallest absolute Gasteiger partial charge is 0.260 e. The number of nitrogens with zero attached hydrogens (tertiary/aromatic N) is 2. The molecule has 0 unspecified atom stereocenters. The van der Waals surface area contributed by atoms with Gasteiger partial charge in [-0.15, -0.1) is 0 Å². The molecule has 4 nitrogen and oxygen atoms in total. The third kappa shape index (κ3) is 4.83. The largest absolute Gasteiger partial charge is 0.494 e. The molecule has 0 atom stereocenters. The molecule has 164 valence electrons. The van der Waals surface area contributed by atoms with E-state index in [4.69, 9.17) is 9.72 Å². The summed E-state index contributed by atoms with van der Waals surface area (Å²) < 4.78 is 6.96. The van der Waals surface area contributed by atoms with Gasteiger partial charge in [-0.2, -0.15) is 0 Å². The number of carbonyl (C=O) groups is 1. The van der Waals surface area contributed by atoms with Crippen LogP contribution in [0, 0.1) is 13.8 Å². The summed E-state index contributed by atoms with van der Waals surface area (Å²) in [6.45, 7) is 7.39. The number of aryl methyl sites for hydroxylation is 2. The lowest BCUT2D eigenvalue weighted by molar-refractivity contribution is 0.0984. The highest BCUT2D eigenvalue weighted by Crippen LogP contribution is 2.34. The first-order chi connectivity index (χ1) is 15.6. The topological polar surface area (TPSA) is 42.4 Å². The number of aromatic nitrogens is 1. The average Bonchev–Trinajstić information content (AvgIpc) is 3.27. The molecule has 3 aromatic carbocycles. The van der Waals surface area contributed by atoms with Gasteiger partial charge in [-0.3, -0.25) is 9.69 Å². The van der Waals surface area contributed by atoms with Crippen LogP contribution in [0.15, 0.2) is 66.7 Å². The second-order valence-electron chi connectivity index (χ2n) is 7.98. The van der Waals surface area contributed by atoms with Gasteiger partial charge in [0.25, 0.3) is 5.91 Å². The highest BCUT2D eigenvalue weighted by Gasteiger charge is 2.23. The lowest BCUT2D eigenvalue weighted by atomic mass is 10.1. The van der Waals surface area contributed by atoms with E-state index in [1.54, 1.807) is 16.2 Å². The van der Waals surface area contributed by atoms with Crippen LogP contribution in [0.1, 0.15) is 46.8 Å². The molecule has 0 N–H and O–H groups in total. The number of thiazole rings is 1. The predicted octanol–water partition coefficient (Wildman–Crippen LogP) is 6.94. The number of benzene rings is 3. The SMILES string of the molecule is CCCCOc1cccc(C(=O)N(Cc2ccccc2)c2nc3c(C)ccc(C)c3s2)c1. The number of hydrogen-bond donors (Lipinski definition) is 0. The number of rotatable bonds is 8. The Labute approximate surface area is 193 Å². The Morgan fingerprint density at radius 3 is 2.53 bits per heavy atom. The summed E-state index contributed by atoms with van der Waals surface area (Å²) in [6, 6.07) is 21.7. The Morgan fingerprint density at radius 2 is 1.78 bits per heavy atom. The van der Waals surface area contributed by atoms with Crippen molar-refractivity contribution in [1.29, 1.82) is 0 Å². The van der Waals surface area contributed by atoms with Crippen molar-refractivity contribution in [3.05, 3.63) is 89.0 Å². The predicted molar refractivity (Wildman–Crippen MR) is 133 cm³/mol.